The minimum absolute atomic E-state index is 0.106. The molecule has 1 aliphatic carbocycles. The van der Waals surface area contributed by atoms with E-state index in [1.54, 1.807) is 6.92 Å². The molecule has 6 nitrogen and oxygen atoms in total. The number of aromatic nitrogens is 5. The Hall–Kier alpha value is -3.02. The molecule has 1 aliphatic rings. The van der Waals surface area contributed by atoms with Crippen LogP contribution in [0.5, 0.6) is 0 Å². The van der Waals surface area contributed by atoms with Gasteiger partial charge in [-0.2, -0.15) is 10.1 Å². The van der Waals surface area contributed by atoms with E-state index in [-0.39, 0.29) is 5.56 Å². The molecule has 25 heavy (non-hydrogen) atoms. The molecule has 0 unspecified atom stereocenters. The summed E-state index contributed by atoms with van der Waals surface area (Å²) in [6, 6.07) is 10.1. The van der Waals surface area contributed by atoms with Crippen LogP contribution in [0.2, 0.25) is 0 Å². The summed E-state index contributed by atoms with van der Waals surface area (Å²) in [4.78, 5) is 22.6. The van der Waals surface area contributed by atoms with Crippen LogP contribution in [-0.2, 0) is 12.8 Å². The van der Waals surface area contributed by atoms with Crippen LogP contribution in [0.25, 0.3) is 27.9 Å². The van der Waals surface area contributed by atoms with Gasteiger partial charge >= 0.3 is 0 Å². The number of hydrogen-bond acceptors (Lipinski definition) is 4. The number of nitrogens with zero attached hydrogens (tertiary/aromatic N) is 4. The summed E-state index contributed by atoms with van der Waals surface area (Å²) in [5, 5.41) is 7.54. The Morgan fingerprint density at radius 3 is 2.72 bits per heavy atom. The smallest absolute Gasteiger partial charge is 0.268 e. The maximum absolute atomic E-state index is 13.3. The highest BCUT2D eigenvalue weighted by molar-refractivity contribution is 5.95. The number of fused-ring (bicyclic) bond motifs is 3. The number of rotatable bonds is 1. The van der Waals surface area contributed by atoms with Crippen molar-refractivity contribution in [2.75, 3.05) is 0 Å². The van der Waals surface area contributed by atoms with Crippen molar-refractivity contribution in [2.45, 2.75) is 32.6 Å². The van der Waals surface area contributed by atoms with Crippen molar-refractivity contribution in [2.24, 2.45) is 0 Å². The van der Waals surface area contributed by atoms with Gasteiger partial charge < -0.3 is 0 Å². The molecule has 3 heterocycles. The van der Waals surface area contributed by atoms with Gasteiger partial charge in [-0.15, -0.1) is 0 Å². The van der Waals surface area contributed by atoms with E-state index >= 15 is 0 Å². The largest absolute Gasteiger partial charge is 0.270 e. The van der Waals surface area contributed by atoms with Gasteiger partial charge in [0.15, 0.2) is 5.65 Å². The summed E-state index contributed by atoms with van der Waals surface area (Å²) in [6.07, 6.45) is 4.15. The van der Waals surface area contributed by atoms with E-state index in [1.807, 2.05) is 18.2 Å². The molecule has 5 rings (SSSR count). The third kappa shape index (κ3) is 2.03. The van der Waals surface area contributed by atoms with E-state index in [1.165, 1.54) is 9.96 Å². The fourth-order valence-electron chi connectivity index (χ4n) is 3.85. The van der Waals surface area contributed by atoms with Crippen molar-refractivity contribution in [3.8, 4) is 11.1 Å². The van der Waals surface area contributed by atoms with Crippen molar-refractivity contribution >= 4 is 16.8 Å². The number of pyridine rings is 1. The summed E-state index contributed by atoms with van der Waals surface area (Å²) in [6.45, 7) is 1.80. The molecule has 0 saturated heterocycles. The van der Waals surface area contributed by atoms with Gasteiger partial charge in [-0.05, 0) is 43.7 Å². The number of aryl methyl sites for hydroxylation is 2. The molecule has 0 fully saturated rings. The molecule has 1 aromatic carbocycles. The maximum atomic E-state index is 13.3. The van der Waals surface area contributed by atoms with Crippen molar-refractivity contribution in [1.29, 1.82) is 0 Å². The van der Waals surface area contributed by atoms with Gasteiger partial charge in [-0.1, -0.05) is 30.3 Å². The minimum Gasteiger partial charge on any atom is -0.268 e. The first-order valence-corrected chi connectivity index (χ1v) is 8.58. The van der Waals surface area contributed by atoms with Crippen molar-refractivity contribution < 1.29 is 0 Å². The second-order valence-corrected chi connectivity index (χ2v) is 6.53. The zero-order valence-electron chi connectivity index (χ0n) is 13.9. The maximum Gasteiger partial charge on any atom is 0.270 e. The normalized spacial score (nSPS) is 14.1. The lowest BCUT2D eigenvalue weighted by molar-refractivity contribution is 0.671. The van der Waals surface area contributed by atoms with Gasteiger partial charge in [-0.25, -0.2) is 14.5 Å². The molecule has 1 N–H and O–H groups in total. The van der Waals surface area contributed by atoms with Gasteiger partial charge in [0.05, 0.1) is 5.39 Å². The van der Waals surface area contributed by atoms with Gasteiger partial charge in [0, 0.05) is 11.3 Å². The van der Waals surface area contributed by atoms with Crippen LogP contribution in [0.15, 0.2) is 35.1 Å². The van der Waals surface area contributed by atoms with E-state index in [4.69, 9.17) is 4.98 Å². The average Bonchev–Trinajstić information content (AvgIpc) is 3.02. The SMILES string of the molecule is Cc1n[nH]c2nc3nc4c(c(-c5ccccc5)c3c(=O)n12)CCCC4. The lowest BCUT2D eigenvalue weighted by atomic mass is 9.87. The Morgan fingerprint density at radius 2 is 1.88 bits per heavy atom. The molecule has 0 atom stereocenters. The number of H-pyrrole nitrogens is 1. The van der Waals surface area contributed by atoms with Crippen molar-refractivity contribution in [3.05, 3.63) is 57.8 Å². The topological polar surface area (TPSA) is 75.9 Å². The predicted octanol–water partition coefficient (Wildman–Crippen LogP) is 2.82. The highest BCUT2D eigenvalue weighted by atomic mass is 16.1. The molecule has 4 aromatic rings. The van der Waals surface area contributed by atoms with Crippen LogP contribution in [0.3, 0.4) is 0 Å². The summed E-state index contributed by atoms with van der Waals surface area (Å²) in [7, 11) is 0. The first-order valence-electron chi connectivity index (χ1n) is 8.58. The van der Waals surface area contributed by atoms with Crippen LogP contribution in [-0.4, -0.2) is 24.6 Å². The van der Waals surface area contributed by atoms with Gasteiger partial charge in [0.1, 0.15) is 5.82 Å². The Labute approximate surface area is 143 Å². The third-order valence-electron chi connectivity index (χ3n) is 5.00. The average molecular weight is 331 g/mol. The van der Waals surface area contributed by atoms with Crippen LogP contribution in [0.1, 0.15) is 29.9 Å². The van der Waals surface area contributed by atoms with Crippen LogP contribution in [0, 0.1) is 6.92 Å². The van der Waals surface area contributed by atoms with Gasteiger partial charge in [0.25, 0.3) is 5.56 Å². The minimum atomic E-state index is -0.106. The molecule has 0 radical (unpaired) electrons. The number of hydrogen-bond donors (Lipinski definition) is 1. The van der Waals surface area contributed by atoms with Gasteiger partial charge in [-0.3, -0.25) is 4.79 Å². The molecule has 0 bridgehead atoms. The number of aromatic amines is 1. The molecule has 0 spiro atoms. The Morgan fingerprint density at radius 1 is 1.08 bits per heavy atom. The molecule has 3 aromatic heterocycles. The molecular formula is C19H17N5O. The fraction of sp³-hybridized carbons (Fsp3) is 0.263. The first kappa shape index (κ1) is 14.3. The summed E-state index contributed by atoms with van der Waals surface area (Å²) in [5.74, 6) is 1.04. The molecule has 0 aliphatic heterocycles. The fourth-order valence-corrected chi connectivity index (χ4v) is 3.85. The predicted molar refractivity (Wildman–Crippen MR) is 95.7 cm³/mol. The molecule has 0 amide bonds. The van der Waals surface area contributed by atoms with Crippen LogP contribution >= 0.6 is 0 Å². The van der Waals surface area contributed by atoms with E-state index in [2.05, 4.69) is 27.3 Å². The lowest BCUT2D eigenvalue weighted by Gasteiger charge is -2.20. The molecule has 0 saturated carbocycles. The third-order valence-corrected chi connectivity index (χ3v) is 5.00. The Kier molecular flexibility index (Phi) is 3.00. The number of benzene rings is 1. The standard InChI is InChI=1S/C19H17N5O/c1-11-22-23-19-21-17-16(18(25)24(11)19)15(12-7-3-2-4-8-12)13-9-5-6-10-14(13)20-17/h2-4,7-8H,5-6,9-10H2,1H3,(H,20,21,23). The second-order valence-electron chi connectivity index (χ2n) is 6.53. The van der Waals surface area contributed by atoms with Crippen molar-refractivity contribution in [3.63, 3.8) is 0 Å². The van der Waals surface area contributed by atoms with E-state index in [9.17, 15) is 4.79 Å². The van der Waals surface area contributed by atoms with E-state index < -0.39 is 0 Å². The molecular weight excluding hydrogens is 314 g/mol. The van der Waals surface area contributed by atoms with Crippen LogP contribution < -0.4 is 5.56 Å². The zero-order chi connectivity index (χ0) is 17.0. The summed E-state index contributed by atoms with van der Waals surface area (Å²) >= 11 is 0. The first-order chi connectivity index (χ1) is 12.2. The summed E-state index contributed by atoms with van der Waals surface area (Å²) < 4.78 is 1.53. The highest BCUT2D eigenvalue weighted by Gasteiger charge is 2.23. The highest BCUT2D eigenvalue weighted by Crippen LogP contribution is 2.34. The van der Waals surface area contributed by atoms with Crippen molar-refractivity contribution in [1.82, 2.24) is 24.6 Å². The number of nitrogens with one attached hydrogen (secondary N) is 1. The zero-order valence-corrected chi connectivity index (χ0v) is 13.9. The monoisotopic (exact) mass is 331 g/mol. The lowest BCUT2D eigenvalue weighted by Crippen LogP contribution is -2.19. The van der Waals surface area contributed by atoms with Gasteiger partial charge in [0.2, 0.25) is 5.78 Å². The van der Waals surface area contributed by atoms with E-state index in [0.717, 1.165) is 42.5 Å². The van der Waals surface area contributed by atoms with Crippen LogP contribution in [0.4, 0.5) is 0 Å². The summed E-state index contributed by atoms with van der Waals surface area (Å²) in [5.41, 5.74) is 4.72. The molecule has 124 valence electrons. The molecule has 6 heteroatoms. The second kappa shape index (κ2) is 5.24. The quantitative estimate of drug-likeness (QED) is 0.582. The Bertz CT molecular complexity index is 1170. The Balaban J connectivity index is 2.02. The van der Waals surface area contributed by atoms with E-state index in [0.29, 0.717) is 22.6 Å².